The summed E-state index contributed by atoms with van der Waals surface area (Å²) in [6, 6.07) is 8.58. The maximum atomic E-state index is 10.4. The first-order chi connectivity index (χ1) is 6.42. The number of fused-ring (bicyclic) bond motifs is 1. The molecule has 1 unspecified atom stereocenters. The average Bonchev–Trinajstić information content (AvgIpc) is 2.19. The molecule has 1 aromatic carbocycles. The van der Waals surface area contributed by atoms with E-state index in [1.165, 1.54) is 11.1 Å². The zero-order valence-electron chi connectivity index (χ0n) is 7.49. The Labute approximate surface area is 78.0 Å². The van der Waals surface area contributed by atoms with Crippen molar-refractivity contribution in [3.05, 3.63) is 35.4 Å². The Balaban J connectivity index is 2.31. The summed E-state index contributed by atoms with van der Waals surface area (Å²) in [4.78, 5) is 10.4. The number of nitrogens with one attached hydrogen (secondary N) is 1. The highest BCUT2D eigenvalue weighted by atomic mass is 16.1. The van der Waals surface area contributed by atoms with Gasteiger partial charge in [-0.2, -0.15) is 0 Å². The van der Waals surface area contributed by atoms with Crippen LogP contribution in [-0.4, -0.2) is 12.8 Å². The molecule has 2 nitrogen and oxygen atoms in total. The van der Waals surface area contributed by atoms with Crippen molar-refractivity contribution in [3.8, 4) is 0 Å². The van der Waals surface area contributed by atoms with E-state index in [1.807, 2.05) is 6.07 Å². The molecule has 0 spiro atoms. The van der Waals surface area contributed by atoms with Gasteiger partial charge in [-0.3, -0.25) is 0 Å². The molecule has 2 rings (SSSR count). The van der Waals surface area contributed by atoms with Crippen molar-refractivity contribution in [3.63, 3.8) is 0 Å². The summed E-state index contributed by atoms with van der Waals surface area (Å²) in [5.41, 5.74) is 2.67. The normalized spacial score (nSPS) is 20.8. The van der Waals surface area contributed by atoms with E-state index in [0.29, 0.717) is 6.42 Å². The van der Waals surface area contributed by atoms with Gasteiger partial charge in [0.15, 0.2) is 0 Å². The summed E-state index contributed by atoms with van der Waals surface area (Å²) in [7, 11) is 0. The van der Waals surface area contributed by atoms with Crippen LogP contribution in [0.5, 0.6) is 0 Å². The zero-order chi connectivity index (χ0) is 9.10. The van der Waals surface area contributed by atoms with Gasteiger partial charge >= 0.3 is 0 Å². The van der Waals surface area contributed by atoms with Crippen molar-refractivity contribution in [2.75, 3.05) is 6.54 Å². The van der Waals surface area contributed by atoms with Gasteiger partial charge in [0.1, 0.15) is 6.29 Å². The fourth-order valence-corrected chi connectivity index (χ4v) is 1.90. The molecule has 0 amide bonds. The van der Waals surface area contributed by atoms with Crippen molar-refractivity contribution in [1.82, 2.24) is 5.32 Å². The Morgan fingerprint density at radius 3 is 3.15 bits per heavy atom. The van der Waals surface area contributed by atoms with Crippen LogP contribution in [0.1, 0.15) is 23.6 Å². The second kappa shape index (κ2) is 3.71. The molecule has 0 fully saturated rings. The third-order valence-corrected chi connectivity index (χ3v) is 2.55. The second-order valence-corrected chi connectivity index (χ2v) is 3.36. The summed E-state index contributed by atoms with van der Waals surface area (Å²) < 4.78 is 0. The first-order valence-corrected chi connectivity index (χ1v) is 4.66. The van der Waals surface area contributed by atoms with Crippen LogP contribution in [0.3, 0.4) is 0 Å². The van der Waals surface area contributed by atoms with E-state index in [0.717, 1.165) is 19.3 Å². The van der Waals surface area contributed by atoms with E-state index in [2.05, 4.69) is 23.5 Å². The maximum absolute atomic E-state index is 10.4. The average molecular weight is 175 g/mol. The lowest BCUT2D eigenvalue weighted by atomic mass is 9.93. The molecule has 1 aliphatic heterocycles. The predicted octanol–water partition coefficient (Wildman–Crippen LogP) is 1.46. The SMILES string of the molecule is O=CCC1NCCc2ccccc21. The Morgan fingerprint density at radius 2 is 2.31 bits per heavy atom. The number of benzene rings is 1. The second-order valence-electron chi connectivity index (χ2n) is 3.36. The van der Waals surface area contributed by atoms with Crippen LogP contribution in [0.25, 0.3) is 0 Å². The zero-order valence-corrected chi connectivity index (χ0v) is 7.49. The molecule has 0 bridgehead atoms. The molecule has 1 N–H and O–H groups in total. The minimum atomic E-state index is 0.238. The van der Waals surface area contributed by atoms with E-state index in [9.17, 15) is 4.79 Å². The first-order valence-electron chi connectivity index (χ1n) is 4.66. The lowest BCUT2D eigenvalue weighted by molar-refractivity contribution is -0.108. The van der Waals surface area contributed by atoms with Crippen molar-refractivity contribution in [1.29, 1.82) is 0 Å². The number of carbonyl (C=O) groups excluding carboxylic acids is 1. The molecule has 68 valence electrons. The quantitative estimate of drug-likeness (QED) is 0.689. The van der Waals surface area contributed by atoms with E-state index in [1.54, 1.807) is 0 Å². The van der Waals surface area contributed by atoms with Crippen molar-refractivity contribution >= 4 is 6.29 Å². The van der Waals surface area contributed by atoms with Crippen LogP contribution < -0.4 is 5.32 Å². The summed E-state index contributed by atoms with van der Waals surface area (Å²) in [6.45, 7) is 0.982. The maximum Gasteiger partial charge on any atom is 0.121 e. The molecule has 1 aliphatic rings. The molecule has 0 saturated carbocycles. The fourth-order valence-electron chi connectivity index (χ4n) is 1.90. The van der Waals surface area contributed by atoms with Crippen LogP contribution in [0.2, 0.25) is 0 Å². The van der Waals surface area contributed by atoms with Gasteiger partial charge in [-0.25, -0.2) is 0 Å². The standard InChI is InChI=1S/C11H13NO/c13-8-6-11-10-4-2-1-3-9(10)5-7-12-11/h1-4,8,11-12H,5-7H2. The minimum absolute atomic E-state index is 0.238. The number of aldehydes is 1. The van der Waals surface area contributed by atoms with Gasteiger partial charge in [-0.05, 0) is 24.1 Å². The van der Waals surface area contributed by atoms with Crippen molar-refractivity contribution in [2.24, 2.45) is 0 Å². The van der Waals surface area contributed by atoms with E-state index >= 15 is 0 Å². The van der Waals surface area contributed by atoms with E-state index < -0.39 is 0 Å². The molecule has 1 aromatic rings. The molecule has 0 radical (unpaired) electrons. The van der Waals surface area contributed by atoms with Crippen LogP contribution >= 0.6 is 0 Å². The Bertz CT molecular complexity index is 309. The van der Waals surface area contributed by atoms with Crippen molar-refractivity contribution in [2.45, 2.75) is 18.9 Å². The molecule has 0 aliphatic carbocycles. The Morgan fingerprint density at radius 1 is 1.46 bits per heavy atom. The first kappa shape index (κ1) is 8.45. The van der Waals surface area contributed by atoms with Gasteiger partial charge in [0.25, 0.3) is 0 Å². The van der Waals surface area contributed by atoms with Crippen LogP contribution in [-0.2, 0) is 11.2 Å². The molecule has 1 atom stereocenters. The van der Waals surface area contributed by atoms with Gasteiger partial charge in [-0.1, -0.05) is 24.3 Å². The molecular formula is C11H13NO. The Kier molecular flexibility index (Phi) is 2.41. The predicted molar refractivity (Wildman–Crippen MR) is 51.6 cm³/mol. The smallest absolute Gasteiger partial charge is 0.121 e. The summed E-state index contributed by atoms with van der Waals surface area (Å²) in [5.74, 6) is 0. The van der Waals surface area contributed by atoms with Gasteiger partial charge in [0.05, 0.1) is 0 Å². The molecule has 0 aromatic heterocycles. The van der Waals surface area contributed by atoms with Gasteiger partial charge < -0.3 is 10.1 Å². The fraction of sp³-hybridized carbons (Fsp3) is 0.364. The number of hydrogen-bond acceptors (Lipinski definition) is 2. The highest BCUT2D eigenvalue weighted by molar-refractivity contribution is 5.52. The molecule has 1 heterocycles. The lowest BCUT2D eigenvalue weighted by Crippen LogP contribution is -2.29. The van der Waals surface area contributed by atoms with Gasteiger partial charge in [0, 0.05) is 12.5 Å². The largest absolute Gasteiger partial charge is 0.309 e. The van der Waals surface area contributed by atoms with Crippen LogP contribution in [0.15, 0.2) is 24.3 Å². The lowest BCUT2D eigenvalue weighted by Gasteiger charge is -2.25. The molecular weight excluding hydrogens is 162 g/mol. The highest BCUT2D eigenvalue weighted by Gasteiger charge is 2.17. The number of carbonyl (C=O) groups is 1. The van der Waals surface area contributed by atoms with Crippen LogP contribution in [0, 0.1) is 0 Å². The van der Waals surface area contributed by atoms with E-state index in [4.69, 9.17) is 0 Å². The summed E-state index contributed by atoms with van der Waals surface area (Å²) in [5, 5.41) is 3.34. The monoisotopic (exact) mass is 175 g/mol. The molecule has 13 heavy (non-hydrogen) atoms. The number of hydrogen-bond donors (Lipinski definition) is 1. The van der Waals surface area contributed by atoms with Gasteiger partial charge in [-0.15, -0.1) is 0 Å². The highest BCUT2D eigenvalue weighted by Crippen LogP contribution is 2.23. The summed E-state index contributed by atoms with van der Waals surface area (Å²) >= 11 is 0. The van der Waals surface area contributed by atoms with Crippen molar-refractivity contribution < 1.29 is 4.79 Å². The third-order valence-electron chi connectivity index (χ3n) is 2.55. The number of rotatable bonds is 2. The summed E-state index contributed by atoms with van der Waals surface area (Å²) in [6.07, 6.45) is 2.64. The molecule has 2 heteroatoms. The van der Waals surface area contributed by atoms with E-state index in [-0.39, 0.29) is 6.04 Å². The third kappa shape index (κ3) is 1.63. The minimum Gasteiger partial charge on any atom is -0.309 e. The molecule has 0 saturated heterocycles. The van der Waals surface area contributed by atoms with Crippen LogP contribution in [0.4, 0.5) is 0 Å². The topological polar surface area (TPSA) is 29.1 Å². The van der Waals surface area contributed by atoms with Gasteiger partial charge in [0.2, 0.25) is 0 Å². The Hall–Kier alpha value is -1.15.